The zero-order chi connectivity index (χ0) is 15.0. The molecule has 108 valence electrons. The summed E-state index contributed by atoms with van der Waals surface area (Å²) in [6, 6.07) is 10.5. The van der Waals surface area contributed by atoms with E-state index in [0.717, 1.165) is 17.6 Å². The molecule has 2 N–H and O–H groups in total. The van der Waals surface area contributed by atoms with Crippen LogP contribution in [0.4, 0.5) is 18.9 Å². The van der Waals surface area contributed by atoms with Gasteiger partial charge in [0.1, 0.15) is 11.3 Å². The summed E-state index contributed by atoms with van der Waals surface area (Å²) in [5.74, 6) is -0.286. The average molecular weight is 310 g/mol. The van der Waals surface area contributed by atoms with E-state index in [4.69, 9.17) is 10.5 Å². The van der Waals surface area contributed by atoms with Gasteiger partial charge in [-0.15, -0.1) is 0 Å². The number of hydrogen-bond acceptors (Lipinski definition) is 4. The van der Waals surface area contributed by atoms with Gasteiger partial charge < -0.3 is 10.5 Å². The summed E-state index contributed by atoms with van der Waals surface area (Å²) in [6.45, 7) is 0. The van der Waals surface area contributed by atoms with Crippen molar-refractivity contribution in [3.05, 3.63) is 48.0 Å². The van der Waals surface area contributed by atoms with E-state index in [1.165, 1.54) is 12.1 Å². The Labute approximate surface area is 121 Å². The fraction of sp³-hybridized carbons (Fsp3) is 0.0714. The Bertz CT molecular complexity index is 798. The predicted octanol–water partition coefficient (Wildman–Crippen LogP) is 4.69. The Hall–Kier alpha value is -2.28. The van der Waals surface area contributed by atoms with Gasteiger partial charge in [-0.25, -0.2) is 0 Å². The third-order valence-electron chi connectivity index (χ3n) is 2.86. The fourth-order valence-electron chi connectivity index (χ4n) is 1.90. The van der Waals surface area contributed by atoms with Crippen molar-refractivity contribution in [3.8, 4) is 10.8 Å². The highest BCUT2D eigenvalue weighted by Crippen LogP contribution is 2.41. The van der Waals surface area contributed by atoms with Gasteiger partial charge in [0.05, 0.1) is 10.9 Å². The molecule has 21 heavy (non-hydrogen) atoms. The third-order valence-corrected chi connectivity index (χ3v) is 3.62. The number of hydrogen-bond donors (Lipinski definition) is 1. The van der Waals surface area contributed by atoms with E-state index in [1.54, 1.807) is 24.3 Å². The minimum atomic E-state index is -4.54. The highest BCUT2D eigenvalue weighted by Gasteiger charge is 2.35. The molecule has 3 rings (SSSR count). The molecule has 0 bridgehead atoms. The van der Waals surface area contributed by atoms with Gasteiger partial charge in [-0.05, 0) is 30.3 Å². The number of aromatic nitrogens is 1. The fourth-order valence-corrected chi connectivity index (χ4v) is 2.64. The normalized spacial score (nSPS) is 11.8. The zero-order valence-electron chi connectivity index (χ0n) is 10.5. The van der Waals surface area contributed by atoms with Crippen molar-refractivity contribution in [1.29, 1.82) is 0 Å². The minimum absolute atomic E-state index is 0.0313. The summed E-state index contributed by atoms with van der Waals surface area (Å²) >= 11 is 1.01. The van der Waals surface area contributed by atoms with Gasteiger partial charge in [0, 0.05) is 17.2 Å². The second-order valence-corrected chi connectivity index (χ2v) is 5.08. The molecule has 2 aromatic carbocycles. The summed E-state index contributed by atoms with van der Waals surface area (Å²) < 4.78 is 48.6. The van der Waals surface area contributed by atoms with Crippen LogP contribution in [0.3, 0.4) is 0 Å². The number of rotatable bonds is 2. The van der Waals surface area contributed by atoms with E-state index in [-0.39, 0.29) is 11.4 Å². The lowest BCUT2D eigenvalue weighted by atomic mass is 10.1. The molecule has 1 aromatic heterocycles. The van der Waals surface area contributed by atoms with Crippen molar-refractivity contribution in [2.45, 2.75) is 6.18 Å². The second kappa shape index (κ2) is 4.92. The second-order valence-electron chi connectivity index (χ2n) is 4.34. The van der Waals surface area contributed by atoms with E-state index >= 15 is 0 Å². The molecule has 7 heteroatoms. The number of alkyl halides is 3. The molecule has 0 saturated carbocycles. The molecule has 0 aliphatic rings. The van der Waals surface area contributed by atoms with Gasteiger partial charge in [-0.1, -0.05) is 12.1 Å². The highest BCUT2D eigenvalue weighted by atomic mass is 32.1. The molecular weight excluding hydrogens is 301 g/mol. The summed E-state index contributed by atoms with van der Waals surface area (Å²) in [5, 5.41) is 0.994. The molecule has 0 amide bonds. The number of benzene rings is 2. The first-order chi connectivity index (χ1) is 9.95. The number of nitrogen functional groups attached to an aromatic ring is 1. The Balaban J connectivity index is 2.06. The summed E-state index contributed by atoms with van der Waals surface area (Å²) in [7, 11) is 0. The molecule has 3 nitrogen and oxygen atoms in total. The van der Waals surface area contributed by atoms with Crippen molar-refractivity contribution in [3.63, 3.8) is 0 Å². The van der Waals surface area contributed by atoms with Crippen molar-refractivity contribution >= 4 is 28.1 Å². The van der Waals surface area contributed by atoms with Gasteiger partial charge in [0.15, 0.2) is 0 Å². The molecule has 0 unspecified atom stereocenters. The molecule has 0 radical (unpaired) electrons. The van der Waals surface area contributed by atoms with Crippen LogP contribution in [0.5, 0.6) is 10.8 Å². The maximum atomic E-state index is 13.0. The van der Waals surface area contributed by atoms with Crippen LogP contribution in [0.1, 0.15) is 5.56 Å². The largest absolute Gasteiger partial charge is 0.444 e. The molecule has 0 atom stereocenters. The highest BCUT2D eigenvalue weighted by molar-refractivity contribution is 7.09. The maximum Gasteiger partial charge on any atom is 0.420 e. The minimum Gasteiger partial charge on any atom is -0.444 e. The van der Waals surface area contributed by atoms with Crippen LogP contribution < -0.4 is 10.5 Å². The van der Waals surface area contributed by atoms with Crippen LogP contribution in [-0.2, 0) is 6.18 Å². The Morgan fingerprint density at radius 2 is 1.86 bits per heavy atom. The number of fused-ring (bicyclic) bond motifs is 1. The van der Waals surface area contributed by atoms with Gasteiger partial charge in [-0.2, -0.15) is 17.5 Å². The lowest BCUT2D eigenvalue weighted by molar-refractivity contribution is -0.138. The first kappa shape index (κ1) is 13.7. The maximum absolute atomic E-state index is 13.0. The monoisotopic (exact) mass is 310 g/mol. The van der Waals surface area contributed by atoms with Crippen molar-refractivity contribution in [1.82, 2.24) is 4.37 Å². The quantitative estimate of drug-likeness (QED) is 0.699. The molecule has 3 aromatic rings. The Morgan fingerprint density at radius 1 is 1.10 bits per heavy atom. The lowest BCUT2D eigenvalue weighted by Gasteiger charge is -2.13. The number of nitrogens with zero attached hydrogens (tertiary/aromatic N) is 1. The van der Waals surface area contributed by atoms with Crippen LogP contribution in [0, 0.1) is 0 Å². The van der Waals surface area contributed by atoms with Gasteiger partial charge >= 0.3 is 6.18 Å². The smallest absolute Gasteiger partial charge is 0.420 e. The van der Waals surface area contributed by atoms with Crippen molar-refractivity contribution in [2.24, 2.45) is 0 Å². The molecule has 0 aliphatic carbocycles. The molecule has 0 spiro atoms. The zero-order valence-corrected chi connectivity index (χ0v) is 11.3. The molecule has 1 heterocycles. The number of anilines is 1. The van der Waals surface area contributed by atoms with Gasteiger partial charge in [-0.3, -0.25) is 0 Å². The predicted molar refractivity (Wildman–Crippen MR) is 75.6 cm³/mol. The molecule has 0 saturated heterocycles. The topological polar surface area (TPSA) is 48.1 Å². The number of ether oxygens (including phenoxy) is 1. The van der Waals surface area contributed by atoms with E-state index in [2.05, 4.69) is 4.37 Å². The lowest BCUT2D eigenvalue weighted by Crippen LogP contribution is -2.07. The molecule has 0 fully saturated rings. The van der Waals surface area contributed by atoms with E-state index in [9.17, 15) is 13.2 Å². The van der Waals surface area contributed by atoms with Gasteiger partial charge in [0.2, 0.25) is 5.06 Å². The van der Waals surface area contributed by atoms with E-state index in [1.807, 2.05) is 0 Å². The van der Waals surface area contributed by atoms with Crippen molar-refractivity contribution < 1.29 is 17.9 Å². The SMILES string of the molecule is Nc1ccc(Oc2snc3ccccc23)c(C(F)(F)F)c1. The van der Waals surface area contributed by atoms with Gasteiger partial charge in [0.25, 0.3) is 0 Å². The first-order valence-corrected chi connectivity index (χ1v) is 6.71. The Kier molecular flexibility index (Phi) is 3.21. The van der Waals surface area contributed by atoms with E-state index < -0.39 is 11.7 Å². The number of nitrogens with two attached hydrogens (primary N) is 1. The van der Waals surface area contributed by atoms with E-state index in [0.29, 0.717) is 16.0 Å². The Morgan fingerprint density at radius 3 is 2.62 bits per heavy atom. The van der Waals surface area contributed by atoms with Crippen LogP contribution in [0.2, 0.25) is 0 Å². The molecular formula is C14H9F3N2OS. The van der Waals surface area contributed by atoms with Crippen LogP contribution in [-0.4, -0.2) is 4.37 Å². The van der Waals surface area contributed by atoms with Crippen LogP contribution in [0.25, 0.3) is 10.9 Å². The summed E-state index contributed by atoms with van der Waals surface area (Å²) in [5.41, 5.74) is 5.23. The summed E-state index contributed by atoms with van der Waals surface area (Å²) in [4.78, 5) is 0. The standard InChI is InChI=1S/C14H9F3N2OS/c15-14(16,17)10-7-8(18)5-6-12(10)20-13-9-3-1-2-4-11(9)19-21-13/h1-7H,18H2. The molecule has 0 aliphatic heterocycles. The van der Waals surface area contributed by atoms with Crippen molar-refractivity contribution in [2.75, 3.05) is 5.73 Å². The third kappa shape index (κ3) is 2.64. The first-order valence-electron chi connectivity index (χ1n) is 5.94. The average Bonchev–Trinajstić information content (AvgIpc) is 2.83. The van der Waals surface area contributed by atoms with Crippen LogP contribution >= 0.6 is 11.5 Å². The van der Waals surface area contributed by atoms with Crippen LogP contribution in [0.15, 0.2) is 42.5 Å². The summed E-state index contributed by atoms with van der Waals surface area (Å²) in [6.07, 6.45) is -4.54. The number of halogens is 3.